The average molecular weight is 327 g/mol. The van der Waals surface area contributed by atoms with Crippen molar-refractivity contribution >= 4 is 29.1 Å². The summed E-state index contributed by atoms with van der Waals surface area (Å²) in [5.41, 5.74) is 0.670. The Bertz CT molecular complexity index is 654. The van der Waals surface area contributed by atoms with E-state index < -0.39 is 0 Å². The van der Waals surface area contributed by atoms with Crippen LogP contribution in [0.5, 0.6) is 0 Å². The molecule has 1 aromatic heterocycles. The lowest BCUT2D eigenvalue weighted by atomic mass is 10.1. The number of amides is 1. The monoisotopic (exact) mass is 326 g/mol. The molecule has 1 saturated heterocycles. The summed E-state index contributed by atoms with van der Waals surface area (Å²) in [6, 6.07) is 4.68. The van der Waals surface area contributed by atoms with Gasteiger partial charge in [0, 0.05) is 28.7 Å². The van der Waals surface area contributed by atoms with Crippen molar-refractivity contribution in [2.45, 2.75) is 12.5 Å². The number of carbonyl (C=O) groups excluding carboxylic acids is 1. The van der Waals surface area contributed by atoms with Crippen LogP contribution >= 0.6 is 23.2 Å². The minimum atomic E-state index is -0.352. The van der Waals surface area contributed by atoms with Crippen molar-refractivity contribution in [3.05, 3.63) is 34.1 Å². The van der Waals surface area contributed by atoms with Crippen molar-refractivity contribution in [2.24, 2.45) is 0 Å². The van der Waals surface area contributed by atoms with E-state index in [-0.39, 0.29) is 11.9 Å². The molecule has 1 amide bonds. The Labute approximate surface area is 130 Å². The summed E-state index contributed by atoms with van der Waals surface area (Å²) >= 11 is 11.9. The molecule has 1 atom stereocenters. The van der Waals surface area contributed by atoms with Crippen LogP contribution in [0.4, 0.5) is 0 Å². The molecule has 0 bridgehead atoms. The van der Waals surface area contributed by atoms with Crippen molar-refractivity contribution in [3.8, 4) is 11.4 Å². The van der Waals surface area contributed by atoms with E-state index in [9.17, 15) is 4.79 Å². The molecule has 2 heterocycles. The Balaban J connectivity index is 1.78. The molecule has 0 radical (unpaired) electrons. The first-order chi connectivity index (χ1) is 10.1. The molecule has 6 nitrogen and oxygen atoms in total. The van der Waals surface area contributed by atoms with Crippen LogP contribution in [0.1, 0.15) is 5.89 Å². The predicted molar refractivity (Wildman–Crippen MR) is 78.3 cm³/mol. The molecule has 1 aliphatic rings. The minimum absolute atomic E-state index is 0.0631. The third-order valence-corrected chi connectivity index (χ3v) is 3.54. The van der Waals surface area contributed by atoms with Crippen LogP contribution in [-0.4, -0.2) is 35.2 Å². The van der Waals surface area contributed by atoms with Gasteiger partial charge >= 0.3 is 0 Å². The number of hydrogen-bond donors (Lipinski definition) is 2. The zero-order chi connectivity index (χ0) is 14.8. The van der Waals surface area contributed by atoms with E-state index in [2.05, 4.69) is 20.8 Å². The van der Waals surface area contributed by atoms with Crippen LogP contribution in [0.2, 0.25) is 10.0 Å². The highest BCUT2D eigenvalue weighted by molar-refractivity contribution is 6.35. The van der Waals surface area contributed by atoms with Gasteiger partial charge in [-0.3, -0.25) is 4.79 Å². The van der Waals surface area contributed by atoms with Gasteiger partial charge in [0.15, 0.2) is 0 Å². The molecular formula is C13H12Cl2N4O2. The van der Waals surface area contributed by atoms with Gasteiger partial charge in [-0.15, -0.1) is 0 Å². The van der Waals surface area contributed by atoms with Gasteiger partial charge in [-0.25, -0.2) is 0 Å². The minimum Gasteiger partial charge on any atom is -0.353 e. The number of nitrogens with zero attached hydrogens (tertiary/aromatic N) is 2. The van der Waals surface area contributed by atoms with Gasteiger partial charge in [0.1, 0.15) is 0 Å². The molecular weight excluding hydrogens is 315 g/mol. The third-order valence-electron chi connectivity index (χ3n) is 3.10. The summed E-state index contributed by atoms with van der Waals surface area (Å²) in [6.45, 7) is 1.35. The average Bonchev–Trinajstić information content (AvgIpc) is 2.89. The molecule has 110 valence electrons. The van der Waals surface area contributed by atoms with Crippen molar-refractivity contribution in [1.82, 2.24) is 20.8 Å². The maximum Gasteiger partial charge on any atom is 0.237 e. The predicted octanol–water partition coefficient (Wildman–Crippen LogP) is 1.67. The lowest BCUT2D eigenvalue weighted by molar-refractivity contribution is -0.124. The summed E-state index contributed by atoms with van der Waals surface area (Å²) in [4.78, 5) is 15.9. The highest BCUT2D eigenvalue weighted by Crippen LogP contribution is 2.25. The SMILES string of the molecule is O=C1NCCNC1Cc1nc(-c2cc(Cl)cc(Cl)c2)no1. The molecule has 1 aromatic carbocycles. The van der Waals surface area contributed by atoms with Crippen LogP contribution in [0.25, 0.3) is 11.4 Å². The second kappa shape index (κ2) is 6.01. The normalized spacial score (nSPS) is 18.6. The van der Waals surface area contributed by atoms with Gasteiger partial charge in [-0.2, -0.15) is 4.98 Å². The van der Waals surface area contributed by atoms with Crippen LogP contribution in [0.15, 0.2) is 22.7 Å². The fraction of sp³-hybridized carbons (Fsp3) is 0.308. The summed E-state index contributed by atoms with van der Waals surface area (Å²) in [5.74, 6) is 0.716. The molecule has 1 unspecified atom stereocenters. The van der Waals surface area contributed by atoms with E-state index in [0.29, 0.717) is 40.3 Å². The van der Waals surface area contributed by atoms with E-state index in [1.54, 1.807) is 18.2 Å². The molecule has 8 heteroatoms. The lowest BCUT2D eigenvalue weighted by Gasteiger charge is -2.21. The summed E-state index contributed by atoms with van der Waals surface area (Å²) in [6.07, 6.45) is 0.340. The van der Waals surface area contributed by atoms with Crippen LogP contribution in [0.3, 0.4) is 0 Å². The number of halogens is 2. The smallest absolute Gasteiger partial charge is 0.237 e. The van der Waals surface area contributed by atoms with Crippen LogP contribution in [-0.2, 0) is 11.2 Å². The van der Waals surface area contributed by atoms with Gasteiger partial charge in [0.05, 0.1) is 12.5 Å². The topological polar surface area (TPSA) is 80.0 Å². The Morgan fingerprint density at radius 2 is 2.00 bits per heavy atom. The molecule has 0 aliphatic carbocycles. The van der Waals surface area contributed by atoms with Crippen LogP contribution < -0.4 is 10.6 Å². The van der Waals surface area contributed by atoms with E-state index in [1.807, 2.05) is 0 Å². The lowest BCUT2D eigenvalue weighted by Crippen LogP contribution is -2.53. The van der Waals surface area contributed by atoms with E-state index in [1.165, 1.54) is 0 Å². The molecule has 1 aliphatic heterocycles. The Morgan fingerprint density at radius 3 is 2.71 bits per heavy atom. The molecule has 1 fully saturated rings. The first-order valence-electron chi connectivity index (χ1n) is 6.42. The second-order valence-corrected chi connectivity index (χ2v) is 5.54. The van der Waals surface area contributed by atoms with E-state index >= 15 is 0 Å². The Kier molecular flexibility index (Phi) is 4.10. The van der Waals surface area contributed by atoms with E-state index in [0.717, 1.165) is 6.54 Å². The van der Waals surface area contributed by atoms with Crippen molar-refractivity contribution < 1.29 is 9.32 Å². The molecule has 2 N–H and O–H groups in total. The highest BCUT2D eigenvalue weighted by atomic mass is 35.5. The number of nitrogens with one attached hydrogen (secondary N) is 2. The number of benzene rings is 1. The zero-order valence-corrected chi connectivity index (χ0v) is 12.4. The summed E-state index contributed by atoms with van der Waals surface area (Å²) < 4.78 is 5.18. The van der Waals surface area contributed by atoms with Gasteiger partial charge < -0.3 is 15.2 Å². The summed E-state index contributed by atoms with van der Waals surface area (Å²) in [7, 11) is 0. The Morgan fingerprint density at radius 1 is 1.24 bits per heavy atom. The third kappa shape index (κ3) is 3.34. The van der Waals surface area contributed by atoms with Gasteiger partial charge in [-0.1, -0.05) is 28.4 Å². The number of hydrogen-bond acceptors (Lipinski definition) is 5. The number of carbonyl (C=O) groups is 1. The maximum atomic E-state index is 11.7. The molecule has 2 aromatic rings. The number of rotatable bonds is 3. The van der Waals surface area contributed by atoms with Crippen LogP contribution in [0, 0.1) is 0 Å². The van der Waals surface area contributed by atoms with E-state index in [4.69, 9.17) is 27.7 Å². The first kappa shape index (κ1) is 14.3. The molecule has 0 spiro atoms. The second-order valence-electron chi connectivity index (χ2n) is 4.67. The zero-order valence-electron chi connectivity index (χ0n) is 10.9. The highest BCUT2D eigenvalue weighted by Gasteiger charge is 2.24. The van der Waals surface area contributed by atoms with Gasteiger partial charge in [0.2, 0.25) is 17.6 Å². The molecule has 21 heavy (non-hydrogen) atoms. The van der Waals surface area contributed by atoms with Gasteiger partial charge in [0.25, 0.3) is 0 Å². The summed E-state index contributed by atoms with van der Waals surface area (Å²) in [5, 5.41) is 10.8. The quantitative estimate of drug-likeness (QED) is 0.896. The Hall–Kier alpha value is -1.63. The van der Waals surface area contributed by atoms with Crippen molar-refractivity contribution in [3.63, 3.8) is 0 Å². The standard InChI is InChI=1S/C13H12Cl2N4O2/c14-8-3-7(4-9(15)5-8)12-18-11(21-19-12)6-10-13(20)17-2-1-16-10/h3-5,10,16H,1-2,6H2,(H,17,20). The number of piperazine rings is 1. The molecule has 0 saturated carbocycles. The fourth-order valence-corrected chi connectivity index (χ4v) is 2.65. The molecule has 3 rings (SSSR count). The maximum absolute atomic E-state index is 11.7. The largest absolute Gasteiger partial charge is 0.353 e. The number of aromatic nitrogens is 2. The van der Waals surface area contributed by atoms with Crippen molar-refractivity contribution in [2.75, 3.05) is 13.1 Å². The van der Waals surface area contributed by atoms with Gasteiger partial charge in [-0.05, 0) is 18.2 Å². The fourth-order valence-electron chi connectivity index (χ4n) is 2.13. The van der Waals surface area contributed by atoms with Crippen molar-refractivity contribution in [1.29, 1.82) is 0 Å². The first-order valence-corrected chi connectivity index (χ1v) is 7.17.